The number of para-hydroxylation sites is 1. The van der Waals surface area contributed by atoms with Gasteiger partial charge in [0.1, 0.15) is 11.6 Å². The fourth-order valence-electron chi connectivity index (χ4n) is 4.60. The molecule has 4 rings (SSSR count). The zero-order valence-electron chi connectivity index (χ0n) is 18.0. The van der Waals surface area contributed by atoms with E-state index in [-0.39, 0.29) is 0 Å². The standard InChI is InChI=1S/C24H33N5O/c1-27-14-7-9-20(27)18-29(17-19-8-3-6-12-23(19)30)22-11-5-4-10-21(22)26-16-24-25-13-15-28(24)2/h3,6-9,12-15,21-22,26,30H,4-5,10-11,16-18H2,1-2H3. The summed E-state index contributed by atoms with van der Waals surface area (Å²) in [6.07, 6.45) is 10.8. The van der Waals surface area contributed by atoms with Crippen LogP contribution in [0.4, 0.5) is 0 Å². The van der Waals surface area contributed by atoms with Crippen LogP contribution in [-0.2, 0) is 33.7 Å². The van der Waals surface area contributed by atoms with Crippen LogP contribution in [0, 0.1) is 0 Å². The summed E-state index contributed by atoms with van der Waals surface area (Å²) < 4.78 is 4.27. The van der Waals surface area contributed by atoms with Crippen LogP contribution in [0.2, 0.25) is 0 Å². The van der Waals surface area contributed by atoms with Crippen LogP contribution in [0.3, 0.4) is 0 Å². The number of aromatic nitrogens is 3. The quantitative estimate of drug-likeness (QED) is 0.599. The summed E-state index contributed by atoms with van der Waals surface area (Å²) >= 11 is 0. The molecule has 3 aromatic rings. The van der Waals surface area contributed by atoms with Gasteiger partial charge in [-0.1, -0.05) is 31.0 Å². The summed E-state index contributed by atoms with van der Waals surface area (Å²) in [5, 5.41) is 14.2. The molecule has 0 saturated heterocycles. The molecule has 0 amide bonds. The van der Waals surface area contributed by atoms with Gasteiger partial charge in [-0.05, 0) is 31.0 Å². The maximum atomic E-state index is 10.4. The van der Waals surface area contributed by atoms with Crippen LogP contribution in [0.15, 0.2) is 55.0 Å². The van der Waals surface area contributed by atoms with Gasteiger partial charge in [-0.3, -0.25) is 4.90 Å². The molecular formula is C24H33N5O. The van der Waals surface area contributed by atoms with E-state index >= 15 is 0 Å². The summed E-state index contributed by atoms with van der Waals surface area (Å²) in [6, 6.07) is 12.8. The lowest BCUT2D eigenvalue weighted by Crippen LogP contribution is -2.51. The zero-order chi connectivity index (χ0) is 20.9. The van der Waals surface area contributed by atoms with Crippen molar-refractivity contribution in [2.75, 3.05) is 0 Å². The van der Waals surface area contributed by atoms with E-state index in [0.717, 1.165) is 37.4 Å². The van der Waals surface area contributed by atoms with E-state index in [1.807, 2.05) is 37.6 Å². The fourth-order valence-corrected chi connectivity index (χ4v) is 4.60. The highest BCUT2D eigenvalue weighted by Crippen LogP contribution is 2.28. The van der Waals surface area contributed by atoms with Crippen LogP contribution in [-0.4, -0.2) is 36.2 Å². The Morgan fingerprint density at radius 1 is 1.03 bits per heavy atom. The number of hydrogen-bond acceptors (Lipinski definition) is 4. The molecule has 0 radical (unpaired) electrons. The molecule has 6 nitrogen and oxygen atoms in total. The van der Waals surface area contributed by atoms with Crippen LogP contribution >= 0.6 is 0 Å². The van der Waals surface area contributed by atoms with Gasteiger partial charge < -0.3 is 19.6 Å². The second-order valence-electron chi connectivity index (χ2n) is 8.44. The minimum atomic E-state index is 0.378. The highest BCUT2D eigenvalue weighted by Gasteiger charge is 2.31. The molecular weight excluding hydrogens is 374 g/mol. The Balaban J connectivity index is 1.55. The van der Waals surface area contributed by atoms with Gasteiger partial charge in [0, 0.05) is 69.1 Å². The van der Waals surface area contributed by atoms with E-state index in [0.29, 0.717) is 17.8 Å². The van der Waals surface area contributed by atoms with Gasteiger partial charge in [-0.25, -0.2) is 4.98 Å². The second-order valence-corrected chi connectivity index (χ2v) is 8.44. The van der Waals surface area contributed by atoms with Crippen molar-refractivity contribution in [1.29, 1.82) is 0 Å². The van der Waals surface area contributed by atoms with Crippen molar-refractivity contribution in [2.24, 2.45) is 14.1 Å². The molecule has 30 heavy (non-hydrogen) atoms. The van der Waals surface area contributed by atoms with Crippen molar-refractivity contribution < 1.29 is 5.11 Å². The van der Waals surface area contributed by atoms with Crippen LogP contribution in [0.5, 0.6) is 5.75 Å². The lowest BCUT2D eigenvalue weighted by atomic mass is 9.88. The number of aromatic hydroxyl groups is 1. The summed E-state index contributed by atoms with van der Waals surface area (Å²) in [5.41, 5.74) is 2.28. The van der Waals surface area contributed by atoms with Crippen molar-refractivity contribution in [1.82, 2.24) is 24.3 Å². The van der Waals surface area contributed by atoms with Crippen molar-refractivity contribution in [3.05, 3.63) is 72.1 Å². The number of nitrogens with one attached hydrogen (secondary N) is 1. The second kappa shape index (κ2) is 9.49. The number of nitrogens with zero attached hydrogens (tertiary/aromatic N) is 4. The van der Waals surface area contributed by atoms with Crippen molar-refractivity contribution in [2.45, 2.75) is 57.4 Å². The first kappa shape index (κ1) is 20.7. The Labute approximate surface area is 179 Å². The van der Waals surface area contributed by atoms with Gasteiger partial charge in [0.25, 0.3) is 0 Å². The molecule has 6 heteroatoms. The third kappa shape index (κ3) is 4.77. The average Bonchev–Trinajstić information content (AvgIpc) is 3.35. The summed E-state index contributed by atoms with van der Waals surface area (Å²) in [4.78, 5) is 7.01. The minimum absolute atomic E-state index is 0.378. The van der Waals surface area contributed by atoms with Gasteiger partial charge >= 0.3 is 0 Å². The largest absolute Gasteiger partial charge is 0.508 e. The number of phenols is 1. The van der Waals surface area contributed by atoms with E-state index in [9.17, 15) is 5.11 Å². The van der Waals surface area contributed by atoms with Gasteiger partial charge in [0.2, 0.25) is 0 Å². The van der Waals surface area contributed by atoms with Crippen molar-refractivity contribution in [3.8, 4) is 5.75 Å². The van der Waals surface area contributed by atoms with E-state index in [1.165, 1.54) is 25.0 Å². The molecule has 160 valence electrons. The molecule has 2 heterocycles. The maximum absolute atomic E-state index is 10.4. The van der Waals surface area contributed by atoms with E-state index in [2.05, 4.69) is 49.7 Å². The highest BCUT2D eigenvalue weighted by atomic mass is 16.3. The number of phenolic OH excluding ortho intramolecular Hbond substituents is 1. The number of rotatable bonds is 8. The molecule has 1 aromatic carbocycles. The summed E-state index contributed by atoms with van der Waals surface area (Å²) in [5.74, 6) is 1.44. The first-order chi connectivity index (χ1) is 14.6. The lowest BCUT2D eigenvalue weighted by molar-refractivity contribution is 0.103. The first-order valence-electron chi connectivity index (χ1n) is 10.9. The maximum Gasteiger partial charge on any atom is 0.122 e. The van der Waals surface area contributed by atoms with Crippen LogP contribution in [0.1, 0.15) is 42.8 Å². The summed E-state index contributed by atoms with van der Waals surface area (Å²) in [7, 11) is 4.15. The predicted octanol–water partition coefficient (Wildman–Crippen LogP) is 3.57. The third-order valence-corrected chi connectivity index (χ3v) is 6.42. The molecule has 2 aromatic heterocycles. The lowest BCUT2D eigenvalue weighted by Gasteiger charge is -2.40. The van der Waals surface area contributed by atoms with Gasteiger partial charge in [-0.15, -0.1) is 0 Å². The Kier molecular flexibility index (Phi) is 6.55. The molecule has 2 unspecified atom stereocenters. The van der Waals surface area contributed by atoms with E-state index < -0.39 is 0 Å². The van der Waals surface area contributed by atoms with Gasteiger partial charge in [0.15, 0.2) is 0 Å². The normalized spacial score (nSPS) is 19.4. The van der Waals surface area contributed by atoms with E-state index in [1.54, 1.807) is 6.07 Å². The smallest absolute Gasteiger partial charge is 0.122 e. The molecule has 0 spiro atoms. The monoisotopic (exact) mass is 407 g/mol. The topological polar surface area (TPSA) is 58.2 Å². The Morgan fingerprint density at radius 2 is 1.87 bits per heavy atom. The predicted molar refractivity (Wildman–Crippen MR) is 119 cm³/mol. The Morgan fingerprint density at radius 3 is 2.60 bits per heavy atom. The molecule has 0 bridgehead atoms. The van der Waals surface area contributed by atoms with E-state index in [4.69, 9.17) is 0 Å². The average molecular weight is 408 g/mol. The number of hydrogen-bond donors (Lipinski definition) is 2. The Bertz CT molecular complexity index is 946. The fraction of sp³-hybridized carbons (Fsp3) is 0.458. The van der Waals surface area contributed by atoms with Crippen LogP contribution < -0.4 is 5.32 Å². The highest BCUT2D eigenvalue weighted by molar-refractivity contribution is 5.31. The third-order valence-electron chi connectivity index (χ3n) is 6.42. The molecule has 2 N–H and O–H groups in total. The summed E-state index contributed by atoms with van der Waals surface area (Å²) in [6.45, 7) is 2.38. The molecule has 0 aliphatic heterocycles. The molecule has 1 aliphatic carbocycles. The number of benzene rings is 1. The number of aryl methyl sites for hydroxylation is 2. The molecule has 2 atom stereocenters. The first-order valence-corrected chi connectivity index (χ1v) is 10.9. The zero-order valence-corrected chi connectivity index (χ0v) is 18.0. The molecule has 1 aliphatic rings. The SMILES string of the molecule is Cn1cccc1CN(Cc1ccccc1O)C1CCCCC1NCc1nccn1C. The molecule has 1 fully saturated rings. The van der Waals surface area contributed by atoms with Gasteiger partial charge in [-0.2, -0.15) is 0 Å². The number of imidazole rings is 1. The van der Waals surface area contributed by atoms with Crippen molar-refractivity contribution >= 4 is 0 Å². The van der Waals surface area contributed by atoms with Gasteiger partial charge in [0.05, 0.1) is 6.54 Å². The Hall–Kier alpha value is -2.57. The van der Waals surface area contributed by atoms with Crippen LogP contribution in [0.25, 0.3) is 0 Å². The molecule has 1 saturated carbocycles. The van der Waals surface area contributed by atoms with Crippen molar-refractivity contribution in [3.63, 3.8) is 0 Å². The minimum Gasteiger partial charge on any atom is -0.508 e.